The Balaban J connectivity index is 1.34. The number of carbonyl (C=O) groups is 2. The number of aliphatic hydroxyl groups is 1. The van der Waals surface area contributed by atoms with E-state index in [0.29, 0.717) is 71.8 Å². The Morgan fingerprint density at radius 2 is 1.96 bits per heavy atom. The highest BCUT2D eigenvalue weighted by molar-refractivity contribution is 6.35. The molecule has 3 aromatic heterocycles. The summed E-state index contributed by atoms with van der Waals surface area (Å²) < 4.78 is 31.5. The zero-order valence-corrected chi connectivity index (χ0v) is 26.3. The van der Waals surface area contributed by atoms with Crippen LogP contribution >= 0.6 is 11.6 Å². The second-order valence-electron chi connectivity index (χ2n) is 10.9. The number of ether oxygens (including phenoxy) is 1. The summed E-state index contributed by atoms with van der Waals surface area (Å²) >= 11 is 6.88. The van der Waals surface area contributed by atoms with Gasteiger partial charge in [-0.05, 0) is 48.7 Å². The van der Waals surface area contributed by atoms with Crippen LogP contribution in [0, 0.1) is 6.92 Å². The molecule has 11 nitrogen and oxygen atoms in total. The van der Waals surface area contributed by atoms with E-state index in [1.54, 1.807) is 54.9 Å². The maximum atomic E-state index is 13.4. The minimum atomic E-state index is -3.09. The number of alkyl halides is 2. The number of aliphatic hydroxyl groups excluding tert-OH is 1. The highest BCUT2D eigenvalue weighted by Crippen LogP contribution is 2.38. The van der Waals surface area contributed by atoms with Crippen molar-refractivity contribution in [1.29, 1.82) is 0 Å². The third-order valence-electron chi connectivity index (χ3n) is 7.61. The maximum Gasteiger partial charge on any atom is 0.388 e. The normalized spacial score (nSPS) is 14.3. The smallest absolute Gasteiger partial charge is 0.388 e. The molecule has 0 aliphatic carbocycles. The summed E-state index contributed by atoms with van der Waals surface area (Å²) in [4.78, 5) is 37.6. The first-order valence-electron chi connectivity index (χ1n) is 15.0. The Labute approximate surface area is 275 Å². The standard InChI is InChI=1S/C33H34ClF2N7O4/c1-19-23(3-2-4-25(19)42-31(46)27-8-5-20(16-40-27)15-37-13-14-44)30-29(34)24(11-12-39-30)26-9-6-21(32(43-26)47-33(35)36)17-38-18-22-7-10-28(45)41-22/h2-6,8-9,11-12,16,22,33,37-38,44H,7,10,13-15,17-18H2,1H3,(H,41,45)(H,42,46). The predicted molar refractivity (Wildman–Crippen MR) is 173 cm³/mol. The molecule has 0 radical (unpaired) electrons. The van der Waals surface area contributed by atoms with Gasteiger partial charge < -0.3 is 31.1 Å². The second-order valence-corrected chi connectivity index (χ2v) is 11.3. The Bertz CT molecular complexity index is 1730. The van der Waals surface area contributed by atoms with E-state index in [0.717, 1.165) is 5.56 Å². The molecule has 1 atom stereocenters. The van der Waals surface area contributed by atoms with Crippen LogP contribution in [-0.2, 0) is 17.9 Å². The van der Waals surface area contributed by atoms with Gasteiger partial charge in [-0.25, -0.2) is 4.98 Å². The number of nitrogens with zero attached hydrogens (tertiary/aromatic N) is 3. The van der Waals surface area contributed by atoms with Gasteiger partial charge in [0.25, 0.3) is 5.91 Å². The van der Waals surface area contributed by atoms with Gasteiger partial charge in [-0.15, -0.1) is 0 Å². The molecule has 4 aromatic rings. The lowest BCUT2D eigenvalue weighted by Crippen LogP contribution is -2.35. The van der Waals surface area contributed by atoms with Crippen molar-refractivity contribution in [2.45, 2.75) is 45.5 Å². The van der Waals surface area contributed by atoms with Crippen molar-refractivity contribution in [3.8, 4) is 28.4 Å². The summed E-state index contributed by atoms with van der Waals surface area (Å²) in [7, 11) is 0. The van der Waals surface area contributed by atoms with Crippen LogP contribution in [0.5, 0.6) is 5.88 Å². The molecule has 1 aliphatic heterocycles. The fraction of sp³-hybridized carbons (Fsp3) is 0.303. The molecule has 5 rings (SSSR count). The van der Waals surface area contributed by atoms with Crippen molar-refractivity contribution >= 4 is 29.1 Å². The average Bonchev–Trinajstić information content (AvgIpc) is 3.48. The lowest BCUT2D eigenvalue weighted by Gasteiger charge is -2.16. The molecule has 1 aliphatic rings. The van der Waals surface area contributed by atoms with Crippen molar-refractivity contribution in [3.05, 3.63) is 88.3 Å². The molecule has 246 valence electrons. The third-order valence-corrected chi connectivity index (χ3v) is 7.99. The molecule has 1 saturated heterocycles. The second kappa shape index (κ2) is 15.8. The lowest BCUT2D eigenvalue weighted by molar-refractivity contribution is -0.119. The van der Waals surface area contributed by atoms with Gasteiger partial charge in [0.2, 0.25) is 11.8 Å². The number of amides is 2. The van der Waals surface area contributed by atoms with Crippen molar-refractivity contribution in [1.82, 2.24) is 30.9 Å². The fourth-order valence-corrected chi connectivity index (χ4v) is 5.48. The van der Waals surface area contributed by atoms with E-state index in [4.69, 9.17) is 21.4 Å². The number of nitrogens with one attached hydrogen (secondary N) is 4. The maximum absolute atomic E-state index is 13.4. The van der Waals surface area contributed by atoms with E-state index in [1.165, 1.54) is 0 Å². The predicted octanol–water partition coefficient (Wildman–Crippen LogP) is 4.47. The van der Waals surface area contributed by atoms with Gasteiger partial charge in [-0.3, -0.25) is 19.6 Å². The number of halogens is 3. The van der Waals surface area contributed by atoms with Crippen molar-refractivity contribution in [3.63, 3.8) is 0 Å². The zero-order chi connectivity index (χ0) is 33.3. The molecule has 1 fully saturated rings. The summed E-state index contributed by atoms with van der Waals surface area (Å²) in [5, 5.41) is 21.1. The third kappa shape index (κ3) is 8.63. The quantitative estimate of drug-likeness (QED) is 0.123. The summed E-state index contributed by atoms with van der Waals surface area (Å²) in [6.45, 7) is 0.424. The Kier molecular flexibility index (Phi) is 11.4. The van der Waals surface area contributed by atoms with E-state index in [1.807, 2.05) is 13.0 Å². The molecular weight excluding hydrogens is 632 g/mol. The SMILES string of the molecule is Cc1c(NC(=O)c2ccc(CNCCO)cn2)cccc1-c1nccc(-c2ccc(CNCC3CCC(=O)N3)c(OC(F)F)n2)c1Cl. The lowest BCUT2D eigenvalue weighted by atomic mass is 10.0. The Morgan fingerprint density at radius 1 is 1.11 bits per heavy atom. The van der Waals surface area contributed by atoms with Gasteiger partial charge in [0.05, 0.1) is 23.0 Å². The van der Waals surface area contributed by atoms with E-state index in [2.05, 4.69) is 36.2 Å². The van der Waals surface area contributed by atoms with Gasteiger partial charge in [-0.1, -0.05) is 35.9 Å². The van der Waals surface area contributed by atoms with Crippen LogP contribution in [0.2, 0.25) is 5.02 Å². The molecule has 0 spiro atoms. The molecule has 2 amide bonds. The van der Waals surface area contributed by atoms with E-state index in [9.17, 15) is 18.4 Å². The number of hydrogen-bond acceptors (Lipinski definition) is 9. The van der Waals surface area contributed by atoms with Crippen LogP contribution in [-0.4, -0.2) is 64.2 Å². The van der Waals surface area contributed by atoms with E-state index in [-0.39, 0.29) is 41.7 Å². The van der Waals surface area contributed by atoms with Crippen LogP contribution < -0.4 is 26.0 Å². The summed E-state index contributed by atoms with van der Waals surface area (Å²) in [5.41, 5.74) is 4.59. The van der Waals surface area contributed by atoms with Gasteiger partial charge >= 0.3 is 6.61 Å². The summed E-state index contributed by atoms with van der Waals surface area (Å²) in [6.07, 6.45) is 4.32. The molecule has 47 heavy (non-hydrogen) atoms. The van der Waals surface area contributed by atoms with Crippen LogP contribution in [0.3, 0.4) is 0 Å². The average molecular weight is 666 g/mol. The number of anilines is 1. The van der Waals surface area contributed by atoms with Crippen LogP contribution in [0.1, 0.15) is 40.0 Å². The van der Waals surface area contributed by atoms with Gasteiger partial charge in [0, 0.05) is 73.4 Å². The summed E-state index contributed by atoms with van der Waals surface area (Å²) in [6, 6.07) is 13.7. The zero-order valence-electron chi connectivity index (χ0n) is 25.5. The topological polar surface area (TPSA) is 150 Å². The highest BCUT2D eigenvalue weighted by atomic mass is 35.5. The van der Waals surface area contributed by atoms with Gasteiger partial charge in [0.1, 0.15) is 5.69 Å². The van der Waals surface area contributed by atoms with Crippen LogP contribution in [0.4, 0.5) is 14.5 Å². The molecule has 4 heterocycles. The number of aromatic nitrogens is 3. The monoisotopic (exact) mass is 665 g/mol. The fourth-order valence-electron chi connectivity index (χ4n) is 5.17. The molecular formula is C33H34ClF2N7O4. The molecule has 5 N–H and O–H groups in total. The van der Waals surface area contributed by atoms with Crippen molar-refractivity contribution < 1.29 is 28.2 Å². The molecule has 1 aromatic carbocycles. The first-order chi connectivity index (χ1) is 22.7. The number of hydrogen-bond donors (Lipinski definition) is 5. The number of pyridine rings is 3. The van der Waals surface area contributed by atoms with Crippen molar-refractivity contribution in [2.24, 2.45) is 0 Å². The molecule has 0 saturated carbocycles. The minimum Gasteiger partial charge on any atom is -0.417 e. The molecule has 1 unspecified atom stereocenters. The van der Waals surface area contributed by atoms with Crippen LogP contribution in [0.15, 0.2) is 60.9 Å². The van der Waals surface area contributed by atoms with E-state index < -0.39 is 12.5 Å². The van der Waals surface area contributed by atoms with E-state index >= 15 is 0 Å². The number of benzene rings is 1. The Morgan fingerprint density at radius 3 is 2.68 bits per heavy atom. The number of rotatable bonds is 14. The van der Waals surface area contributed by atoms with Crippen molar-refractivity contribution in [2.75, 3.05) is 25.0 Å². The number of carbonyl (C=O) groups excluding carboxylic acids is 2. The largest absolute Gasteiger partial charge is 0.417 e. The Hall–Kier alpha value is -4.56. The molecule has 14 heteroatoms. The van der Waals surface area contributed by atoms with Gasteiger partial charge in [0.15, 0.2) is 0 Å². The summed E-state index contributed by atoms with van der Waals surface area (Å²) in [5.74, 6) is -0.641. The molecule has 0 bridgehead atoms. The van der Waals surface area contributed by atoms with Crippen LogP contribution in [0.25, 0.3) is 22.5 Å². The van der Waals surface area contributed by atoms with Gasteiger partial charge in [-0.2, -0.15) is 8.78 Å². The minimum absolute atomic E-state index is 0.00652. The highest BCUT2D eigenvalue weighted by Gasteiger charge is 2.22. The first-order valence-corrected chi connectivity index (χ1v) is 15.4. The first kappa shape index (κ1) is 33.8.